The van der Waals surface area contributed by atoms with Gasteiger partial charge in [-0.25, -0.2) is 14.6 Å². The number of nitrogens with one attached hydrogen (secondary N) is 1. The maximum Gasteiger partial charge on any atom is 0.182 e. The van der Waals surface area contributed by atoms with Crippen LogP contribution >= 0.6 is 0 Å². The van der Waals surface area contributed by atoms with Gasteiger partial charge in [-0.3, -0.25) is 0 Å². The Hall–Kier alpha value is -2.97. The fourth-order valence-electron chi connectivity index (χ4n) is 3.01. The average Bonchev–Trinajstić information content (AvgIpc) is 3.24. The van der Waals surface area contributed by atoms with E-state index in [2.05, 4.69) is 37.1 Å². The Labute approximate surface area is 149 Å². The highest BCUT2D eigenvalue weighted by molar-refractivity contribution is 5.83. The third-order valence-electron chi connectivity index (χ3n) is 4.36. The summed E-state index contributed by atoms with van der Waals surface area (Å²) in [7, 11) is 2.01. The fourth-order valence-corrected chi connectivity index (χ4v) is 3.01. The van der Waals surface area contributed by atoms with Crippen LogP contribution in [0.25, 0.3) is 27.8 Å². The summed E-state index contributed by atoms with van der Waals surface area (Å²) in [5.74, 6) is 0.520. The van der Waals surface area contributed by atoms with E-state index >= 15 is 0 Å². The number of hydrogen-bond donors (Lipinski definition) is 3. The number of aromatic nitrogens is 5. The van der Waals surface area contributed by atoms with Crippen LogP contribution in [-0.4, -0.2) is 47.7 Å². The maximum atomic E-state index is 9.65. The van der Waals surface area contributed by atoms with Gasteiger partial charge in [0.15, 0.2) is 11.5 Å². The second-order valence-electron chi connectivity index (χ2n) is 6.12. The zero-order valence-corrected chi connectivity index (χ0v) is 14.4. The number of hydrogen-bond acceptors (Lipinski definition) is 6. The molecule has 26 heavy (non-hydrogen) atoms. The summed E-state index contributed by atoms with van der Waals surface area (Å²) in [5.41, 5.74) is 3.72. The van der Waals surface area contributed by atoms with E-state index in [0.717, 1.165) is 16.6 Å². The monoisotopic (exact) mass is 352 g/mol. The molecule has 3 N–H and O–H groups in total. The molecule has 3 aromatic heterocycles. The second-order valence-corrected chi connectivity index (χ2v) is 6.12. The zero-order valence-electron chi connectivity index (χ0n) is 14.4. The molecule has 8 heteroatoms. The van der Waals surface area contributed by atoms with Gasteiger partial charge in [0.1, 0.15) is 11.2 Å². The molecule has 0 radical (unpaired) electrons. The highest BCUT2D eigenvalue weighted by atomic mass is 16.3. The molecular weight excluding hydrogens is 332 g/mol. The lowest BCUT2D eigenvalue weighted by atomic mass is 10.2. The molecule has 3 heterocycles. The van der Waals surface area contributed by atoms with E-state index in [-0.39, 0.29) is 13.2 Å². The van der Waals surface area contributed by atoms with Gasteiger partial charge in [0.05, 0.1) is 18.5 Å². The lowest BCUT2D eigenvalue weighted by Gasteiger charge is -2.09. The van der Waals surface area contributed by atoms with Crippen LogP contribution in [0, 0.1) is 0 Å². The molecule has 8 nitrogen and oxygen atoms in total. The fraction of sp³-hybridized carbons (Fsp3) is 0.278. The van der Waals surface area contributed by atoms with Gasteiger partial charge < -0.3 is 20.1 Å². The van der Waals surface area contributed by atoms with Crippen LogP contribution in [0.1, 0.15) is 12.1 Å². The largest absolute Gasteiger partial charge is 0.396 e. The molecule has 1 aromatic carbocycles. The average molecular weight is 352 g/mol. The molecule has 4 aromatic rings. The van der Waals surface area contributed by atoms with Crippen molar-refractivity contribution in [1.82, 2.24) is 24.3 Å². The van der Waals surface area contributed by atoms with Crippen molar-refractivity contribution in [2.24, 2.45) is 7.05 Å². The Kier molecular flexibility index (Phi) is 4.27. The number of benzene rings is 1. The molecular formula is C18H20N6O2. The van der Waals surface area contributed by atoms with Crippen LogP contribution in [0.5, 0.6) is 0 Å². The highest BCUT2D eigenvalue weighted by Crippen LogP contribution is 2.23. The van der Waals surface area contributed by atoms with Gasteiger partial charge in [-0.1, -0.05) is 0 Å². The summed E-state index contributed by atoms with van der Waals surface area (Å²) in [4.78, 5) is 9.08. The molecule has 0 spiro atoms. The predicted octanol–water partition coefficient (Wildman–Crippen LogP) is 1.59. The van der Waals surface area contributed by atoms with E-state index in [1.54, 1.807) is 10.9 Å². The smallest absolute Gasteiger partial charge is 0.182 e. The van der Waals surface area contributed by atoms with E-state index in [4.69, 9.17) is 5.11 Å². The van der Waals surface area contributed by atoms with Crippen molar-refractivity contribution >= 4 is 27.9 Å². The molecule has 0 amide bonds. The molecule has 0 aliphatic heterocycles. The van der Waals surface area contributed by atoms with Crippen molar-refractivity contribution < 1.29 is 10.2 Å². The van der Waals surface area contributed by atoms with Crippen molar-refractivity contribution in [2.75, 3.05) is 18.5 Å². The Morgan fingerprint density at radius 1 is 1.15 bits per heavy atom. The number of nitrogens with zero attached hydrogens (tertiary/aromatic N) is 5. The summed E-state index contributed by atoms with van der Waals surface area (Å²) in [6.07, 6.45) is 4.28. The summed E-state index contributed by atoms with van der Waals surface area (Å²) in [6, 6.07) is 8.14. The first-order chi connectivity index (χ1) is 12.7. The van der Waals surface area contributed by atoms with E-state index in [1.165, 1.54) is 0 Å². The molecule has 0 atom stereocenters. The molecule has 0 fully saturated rings. The van der Waals surface area contributed by atoms with Crippen LogP contribution < -0.4 is 5.32 Å². The minimum atomic E-state index is -0.229. The van der Waals surface area contributed by atoms with Crippen molar-refractivity contribution in [3.05, 3.63) is 42.4 Å². The van der Waals surface area contributed by atoms with Gasteiger partial charge in [0.25, 0.3) is 0 Å². The molecule has 0 unspecified atom stereocenters. The van der Waals surface area contributed by atoms with Gasteiger partial charge in [-0.2, -0.15) is 5.10 Å². The normalized spacial score (nSPS) is 11.5. The van der Waals surface area contributed by atoms with E-state index < -0.39 is 0 Å². The standard InChI is InChI=1S/C18H20N6O2/c1-23-7-5-12-9-13(3-4-16(12)23)24-18-14(10-20-24)21-17(15(11-26)22-18)19-6-2-8-25/h3-5,7,9-10,25-26H,2,6,8,11H2,1H3,(H,19,21). The molecule has 4 rings (SSSR count). The molecule has 134 valence electrons. The minimum absolute atomic E-state index is 0.0943. The minimum Gasteiger partial charge on any atom is -0.396 e. The Morgan fingerprint density at radius 3 is 2.85 bits per heavy atom. The third-order valence-corrected chi connectivity index (χ3v) is 4.36. The van der Waals surface area contributed by atoms with Gasteiger partial charge in [0.2, 0.25) is 0 Å². The predicted molar refractivity (Wildman–Crippen MR) is 99.3 cm³/mol. The summed E-state index contributed by atoms with van der Waals surface area (Å²) >= 11 is 0. The van der Waals surface area contributed by atoms with Gasteiger partial charge in [0, 0.05) is 37.3 Å². The number of aryl methyl sites for hydroxylation is 1. The number of anilines is 1. The lowest BCUT2D eigenvalue weighted by molar-refractivity contribution is 0.277. The Bertz CT molecular complexity index is 1070. The summed E-state index contributed by atoms with van der Waals surface area (Å²) < 4.78 is 3.79. The quantitative estimate of drug-likeness (QED) is 0.456. The first kappa shape index (κ1) is 16.5. The number of aliphatic hydroxyl groups excluding tert-OH is 2. The zero-order chi connectivity index (χ0) is 18.1. The van der Waals surface area contributed by atoms with Gasteiger partial charge in [-0.15, -0.1) is 0 Å². The first-order valence-electron chi connectivity index (χ1n) is 8.47. The number of aliphatic hydroxyl groups is 2. The molecule has 0 bridgehead atoms. The molecule has 0 saturated carbocycles. The van der Waals surface area contributed by atoms with Crippen LogP contribution in [0.15, 0.2) is 36.7 Å². The first-order valence-corrected chi connectivity index (χ1v) is 8.47. The Morgan fingerprint density at radius 2 is 2.04 bits per heavy atom. The van der Waals surface area contributed by atoms with Crippen molar-refractivity contribution in [3.8, 4) is 5.69 Å². The highest BCUT2D eigenvalue weighted by Gasteiger charge is 2.14. The van der Waals surface area contributed by atoms with Crippen molar-refractivity contribution in [2.45, 2.75) is 13.0 Å². The topological polar surface area (TPSA) is 101 Å². The van der Waals surface area contributed by atoms with Crippen LogP contribution in [0.3, 0.4) is 0 Å². The van der Waals surface area contributed by atoms with Gasteiger partial charge >= 0.3 is 0 Å². The Balaban J connectivity index is 1.77. The summed E-state index contributed by atoms with van der Waals surface area (Å²) in [6.45, 7) is 0.423. The molecule has 0 aliphatic carbocycles. The third kappa shape index (κ3) is 2.79. The van der Waals surface area contributed by atoms with Crippen LogP contribution in [0.2, 0.25) is 0 Å². The van der Waals surface area contributed by atoms with Crippen molar-refractivity contribution in [3.63, 3.8) is 0 Å². The maximum absolute atomic E-state index is 9.65. The van der Waals surface area contributed by atoms with E-state index in [1.807, 2.05) is 25.4 Å². The lowest BCUT2D eigenvalue weighted by Crippen LogP contribution is -2.10. The van der Waals surface area contributed by atoms with Crippen LogP contribution in [-0.2, 0) is 13.7 Å². The molecule has 0 aliphatic rings. The molecule has 0 saturated heterocycles. The number of fused-ring (bicyclic) bond motifs is 2. The van der Waals surface area contributed by atoms with Gasteiger partial charge in [-0.05, 0) is 30.7 Å². The number of rotatable bonds is 6. The van der Waals surface area contributed by atoms with Crippen LogP contribution in [0.4, 0.5) is 5.82 Å². The van der Waals surface area contributed by atoms with E-state index in [9.17, 15) is 5.11 Å². The SMILES string of the molecule is Cn1ccc2cc(-n3ncc4nc(NCCCO)c(CO)nc43)ccc21. The summed E-state index contributed by atoms with van der Waals surface area (Å²) in [5, 5.41) is 27.2. The van der Waals surface area contributed by atoms with Crippen molar-refractivity contribution in [1.29, 1.82) is 0 Å². The van der Waals surface area contributed by atoms with E-state index in [0.29, 0.717) is 35.6 Å². The second kappa shape index (κ2) is 6.74.